The summed E-state index contributed by atoms with van der Waals surface area (Å²) >= 11 is 6.24. The molecule has 2 aromatic rings. The summed E-state index contributed by atoms with van der Waals surface area (Å²) in [5.41, 5.74) is 2.71. The third kappa shape index (κ3) is 4.29. The van der Waals surface area contributed by atoms with E-state index in [2.05, 4.69) is 12.2 Å². The monoisotopic (exact) mass is 305 g/mol. The van der Waals surface area contributed by atoms with Gasteiger partial charge in [0.05, 0.1) is 0 Å². The van der Waals surface area contributed by atoms with Gasteiger partial charge in [-0.25, -0.2) is 4.39 Å². The number of halogens is 2. The summed E-state index contributed by atoms with van der Waals surface area (Å²) in [5, 5.41) is 4.24. The zero-order chi connectivity index (χ0) is 15.2. The number of hydrogen-bond acceptors (Lipinski definition) is 1. The van der Waals surface area contributed by atoms with Crippen LogP contribution in [0.5, 0.6) is 0 Å². The zero-order valence-corrected chi connectivity index (χ0v) is 13.3. The van der Waals surface area contributed by atoms with Gasteiger partial charge in [0, 0.05) is 11.1 Å². The second-order valence-electron chi connectivity index (χ2n) is 5.31. The first-order valence-electron chi connectivity index (χ1n) is 7.34. The van der Waals surface area contributed by atoms with E-state index in [4.69, 9.17) is 11.6 Å². The van der Waals surface area contributed by atoms with E-state index in [1.165, 1.54) is 0 Å². The Hall–Kier alpha value is -1.38. The molecule has 0 saturated heterocycles. The van der Waals surface area contributed by atoms with Gasteiger partial charge >= 0.3 is 0 Å². The summed E-state index contributed by atoms with van der Waals surface area (Å²) in [6, 6.07) is 13.3. The maximum absolute atomic E-state index is 13.8. The Morgan fingerprint density at radius 2 is 1.95 bits per heavy atom. The predicted molar refractivity (Wildman–Crippen MR) is 87.3 cm³/mol. The Labute approximate surface area is 131 Å². The van der Waals surface area contributed by atoms with Crippen molar-refractivity contribution in [1.29, 1.82) is 0 Å². The second-order valence-corrected chi connectivity index (χ2v) is 5.72. The minimum absolute atomic E-state index is 0.0694. The van der Waals surface area contributed by atoms with E-state index in [9.17, 15) is 4.39 Å². The molecule has 0 spiro atoms. The second kappa shape index (κ2) is 7.58. The first-order valence-corrected chi connectivity index (χ1v) is 7.72. The molecule has 112 valence electrons. The molecule has 0 bridgehead atoms. The first-order chi connectivity index (χ1) is 10.1. The van der Waals surface area contributed by atoms with Crippen molar-refractivity contribution in [2.75, 3.05) is 6.54 Å². The van der Waals surface area contributed by atoms with Crippen LogP contribution in [0.4, 0.5) is 4.39 Å². The van der Waals surface area contributed by atoms with Crippen molar-refractivity contribution in [3.8, 4) is 0 Å². The van der Waals surface area contributed by atoms with E-state index in [0.29, 0.717) is 5.56 Å². The number of hydrogen-bond donors (Lipinski definition) is 1. The molecule has 0 amide bonds. The minimum atomic E-state index is -0.157. The van der Waals surface area contributed by atoms with Crippen LogP contribution >= 0.6 is 11.6 Å². The third-order valence-electron chi connectivity index (χ3n) is 3.62. The van der Waals surface area contributed by atoms with Gasteiger partial charge in [0.15, 0.2) is 0 Å². The number of aryl methyl sites for hydroxylation is 1. The van der Waals surface area contributed by atoms with E-state index in [0.717, 1.165) is 35.5 Å². The molecule has 1 nitrogen and oxygen atoms in total. The van der Waals surface area contributed by atoms with Gasteiger partial charge in [-0.05, 0) is 55.1 Å². The van der Waals surface area contributed by atoms with Crippen LogP contribution in [0.15, 0.2) is 42.5 Å². The lowest BCUT2D eigenvalue weighted by Gasteiger charge is -2.20. The van der Waals surface area contributed by atoms with Crippen molar-refractivity contribution in [1.82, 2.24) is 5.32 Å². The number of benzene rings is 2. The van der Waals surface area contributed by atoms with Crippen LogP contribution in [0.2, 0.25) is 5.02 Å². The average molecular weight is 306 g/mol. The van der Waals surface area contributed by atoms with Crippen molar-refractivity contribution in [2.45, 2.75) is 32.7 Å². The molecule has 1 unspecified atom stereocenters. The van der Waals surface area contributed by atoms with Crippen molar-refractivity contribution in [2.24, 2.45) is 0 Å². The van der Waals surface area contributed by atoms with Crippen LogP contribution < -0.4 is 5.32 Å². The van der Waals surface area contributed by atoms with Crippen LogP contribution in [0.3, 0.4) is 0 Å². The fraction of sp³-hybridized carbons (Fsp3) is 0.333. The Morgan fingerprint density at radius 1 is 1.19 bits per heavy atom. The topological polar surface area (TPSA) is 12.0 Å². The summed E-state index contributed by atoms with van der Waals surface area (Å²) < 4.78 is 13.8. The van der Waals surface area contributed by atoms with Gasteiger partial charge in [-0.3, -0.25) is 0 Å². The molecule has 0 aromatic heterocycles. The van der Waals surface area contributed by atoms with Gasteiger partial charge in [-0.2, -0.15) is 0 Å². The smallest absolute Gasteiger partial charge is 0.126 e. The van der Waals surface area contributed by atoms with E-state index in [1.807, 2.05) is 36.4 Å². The summed E-state index contributed by atoms with van der Waals surface area (Å²) in [6.07, 6.45) is 1.79. The molecule has 0 aliphatic rings. The molecule has 2 aromatic carbocycles. The Morgan fingerprint density at radius 3 is 2.62 bits per heavy atom. The fourth-order valence-corrected chi connectivity index (χ4v) is 2.55. The van der Waals surface area contributed by atoms with Gasteiger partial charge in [0.1, 0.15) is 5.82 Å². The lowest BCUT2D eigenvalue weighted by molar-refractivity contribution is 0.523. The highest BCUT2D eigenvalue weighted by atomic mass is 35.5. The molecule has 21 heavy (non-hydrogen) atoms. The molecular weight excluding hydrogens is 285 g/mol. The molecule has 3 heteroatoms. The van der Waals surface area contributed by atoms with Gasteiger partial charge < -0.3 is 5.32 Å². The standard InChI is InChI=1S/C18H21ClFN/c1-3-10-21-18(12-14-6-4-5-7-16(14)19)15-9-8-13(2)17(20)11-15/h4-9,11,18,21H,3,10,12H2,1-2H3. The highest BCUT2D eigenvalue weighted by molar-refractivity contribution is 6.31. The van der Waals surface area contributed by atoms with Crippen LogP contribution in [-0.4, -0.2) is 6.54 Å². The van der Waals surface area contributed by atoms with Crippen molar-refractivity contribution in [3.05, 3.63) is 70.0 Å². The van der Waals surface area contributed by atoms with Gasteiger partial charge in [0.2, 0.25) is 0 Å². The summed E-state index contributed by atoms with van der Waals surface area (Å²) in [6.45, 7) is 4.79. The quantitative estimate of drug-likeness (QED) is 0.785. The zero-order valence-electron chi connectivity index (χ0n) is 12.5. The summed E-state index contributed by atoms with van der Waals surface area (Å²) in [4.78, 5) is 0. The lowest BCUT2D eigenvalue weighted by atomic mass is 9.97. The van der Waals surface area contributed by atoms with Gasteiger partial charge in [-0.15, -0.1) is 0 Å². The van der Waals surface area contributed by atoms with Crippen molar-refractivity contribution < 1.29 is 4.39 Å². The van der Waals surface area contributed by atoms with E-state index >= 15 is 0 Å². The lowest BCUT2D eigenvalue weighted by Crippen LogP contribution is -2.24. The minimum Gasteiger partial charge on any atom is -0.310 e. The number of rotatable bonds is 6. The van der Waals surface area contributed by atoms with Crippen LogP contribution in [0, 0.1) is 12.7 Å². The predicted octanol–water partition coefficient (Wildman–Crippen LogP) is 5.07. The molecule has 0 aliphatic heterocycles. The average Bonchev–Trinajstić information content (AvgIpc) is 2.48. The molecule has 0 radical (unpaired) electrons. The SMILES string of the molecule is CCCNC(Cc1ccccc1Cl)c1ccc(C)c(F)c1. The van der Waals surface area contributed by atoms with E-state index in [1.54, 1.807) is 13.0 Å². The highest BCUT2D eigenvalue weighted by Crippen LogP contribution is 2.24. The van der Waals surface area contributed by atoms with E-state index < -0.39 is 0 Å². The first kappa shape index (κ1) is 16.0. The van der Waals surface area contributed by atoms with Crippen LogP contribution in [-0.2, 0) is 6.42 Å². The fourth-order valence-electron chi connectivity index (χ4n) is 2.34. The normalized spacial score (nSPS) is 12.4. The van der Waals surface area contributed by atoms with Gasteiger partial charge in [-0.1, -0.05) is 48.9 Å². The molecule has 2 rings (SSSR count). The molecule has 0 fully saturated rings. The Kier molecular flexibility index (Phi) is 5.77. The molecule has 0 aliphatic carbocycles. The molecule has 1 atom stereocenters. The highest BCUT2D eigenvalue weighted by Gasteiger charge is 2.14. The maximum atomic E-state index is 13.8. The van der Waals surface area contributed by atoms with Crippen LogP contribution in [0.1, 0.15) is 36.1 Å². The van der Waals surface area contributed by atoms with Crippen molar-refractivity contribution >= 4 is 11.6 Å². The molecule has 1 N–H and O–H groups in total. The van der Waals surface area contributed by atoms with Crippen molar-refractivity contribution in [3.63, 3.8) is 0 Å². The van der Waals surface area contributed by atoms with Crippen LogP contribution in [0.25, 0.3) is 0 Å². The molecule has 0 heterocycles. The Bertz CT molecular complexity index is 598. The summed E-state index contributed by atoms with van der Waals surface area (Å²) in [7, 11) is 0. The summed E-state index contributed by atoms with van der Waals surface area (Å²) in [5.74, 6) is -0.157. The van der Waals surface area contributed by atoms with E-state index in [-0.39, 0.29) is 11.9 Å². The number of nitrogens with one attached hydrogen (secondary N) is 1. The largest absolute Gasteiger partial charge is 0.310 e. The molecule has 0 saturated carbocycles. The third-order valence-corrected chi connectivity index (χ3v) is 3.99. The maximum Gasteiger partial charge on any atom is 0.126 e. The van der Waals surface area contributed by atoms with Gasteiger partial charge in [0.25, 0.3) is 0 Å². The Balaban J connectivity index is 2.25. The molecular formula is C18H21ClFN.